The van der Waals surface area contributed by atoms with Crippen molar-refractivity contribution < 1.29 is 14.7 Å². The monoisotopic (exact) mass is 256 g/mol. The molecule has 1 fully saturated rings. The maximum atomic E-state index is 11.7. The number of amides is 2. The molecule has 1 aliphatic rings. The predicted octanol–water partition coefficient (Wildman–Crippen LogP) is 2.12. The minimum absolute atomic E-state index is 0.230. The molecular formula is C13H24N2O3. The topological polar surface area (TPSA) is 78.4 Å². The van der Waals surface area contributed by atoms with Crippen LogP contribution in [0.2, 0.25) is 0 Å². The molecule has 0 saturated heterocycles. The van der Waals surface area contributed by atoms with Gasteiger partial charge in [0.25, 0.3) is 0 Å². The number of rotatable bonds is 5. The van der Waals surface area contributed by atoms with Crippen molar-refractivity contribution in [2.24, 2.45) is 5.92 Å². The first kappa shape index (κ1) is 14.8. The molecule has 0 aromatic carbocycles. The Morgan fingerprint density at radius 3 is 2.61 bits per heavy atom. The fourth-order valence-electron chi connectivity index (χ4n) is 2.37. The molecule has 1 saturated carbocycles. The van der Waals surface area contributed by atoms with E-state index >= 15 is 0 Å². The molecule has 0 spiro atoms. The second-order valence-corrected chi connectivity index (χ2v) is 4.94. The second kappa shape index (κ2) is 7.95. The summed E-state index contributed by atoms with van der Waals surface area (Å²) < 4.78 is 0. The van der Waals surface area contributed by atoms with Crippen molar-refractivity contribution in [2.75, 3.05) is 6.54 Å². The fourth-order valence-corrected chi connectivity index (χ4v) is 2.37. The van der Waals surface area contributed by atoms with E-state index < -0.39 is 11.9 Å². The van der Waals surface area contributed by atoms with E-state index in [0.717, 1.165) is 38.5 Å². The molecule has 0 radical (unpaired) electrons. The van der Waals surface area contributed by atoms with Gasteiger partial charge in [-0.15, -0.1) is 0 Å². The zero-order valence-corrected chi connectivity index (χ0v) is 11.1. The number of nitrogens with one attached hydrogen (secondary N) is 2. The van der Waals surface area contributed by atoms with Crippen LogP contribution in [0, 0.1) is 5.92 Å². The number of carbonyl (C=O) groups is 2. The van der Waals surface area contributed by atoms with Crippen LogP contribution in [-0.4, -0.2) is 29.7 Å². The molecule has 0 aromatic heterocycles. The number of carboxylic acids is 1. The Hall–Kier alpha value is -1.26. The SMILES string of the molecule is CCCCNC(=O)NC1CCCCCC1C(=O)O. The average Bonchev–Trinajstić information content (AvgIpc) is 2.55. The van der Waals surface area contributed by atoms with Crippen molar-refractivity contribution >= 4 is 12.0 Å². The van der Waals surface area contributed by atoms with Crippen molar-refractivity contribution in [2.45, 2.75) is 57.9 Å². The highest BCUT2D eigenvalue weighted by atomic mass is 16.4. The van der Waals surface area contributed by atoms with Crippen molar-refractivity contribution in [1.82, 2.24) is 10.6 Å². The summed E-state index contributed by atoms with van der Waals surface area (Å²) in [5.41, 5.74) is 0. The molecule has 104 valence electrons. The number of urea groups is 1. The first-order chi connectivity index (χ1) is 8.65. The van der Waals surface area contributed by atoms with Gasteiger partial charge in [-0.1, -0.05) is 32.6 Å². The van der Waals surface area contributed by atoms with E-state index in [2.05, 4.69) is 17.6 Å². The van der Waals surface area contributed by atoms with Gasteiger partial charge in [0.2, 0.25) is 0 Å². The number of carboxylic acid groups (broad SMARTS) is 1. The van der Waals surface area contributed by atoms with Crippen molar-refractivity contribution in [3.8, 4) is 0 Å². The molecule has 2 atom stereocenters. The summed E-state index contributed by atoms with van der Waals surface area (Å²) in [6.07, 6.45) is 6.38. The Labute approximate surface area is 108 Å². The molecule has 0 bridgehead atoms. The third-order valence-corrected chi connectivity index (χ3v) is 3.47. The zero-order valence-electron chi connectivity index (χ0n) is 11.1. The van der Waals surface area contributed by atoms with Crippen molar-refractivity contribution in [1.29, 1.82) is 0 Å². The third kappa shape index (κ3) is 4.94. The molecule has 1 aliphatic carbocycles. The Morgan fingerprint density at radius 2 is 1.94 bits per heavy atom. The number of carbonyl (C=O) groups excluding carboxylic acids is 1. The lowest BCUT2D eigenvalue weighted by Crippen LogP contribution is -2.47. The molecule has 0 aliphatic heterocycles. The maximum absolute atomic E-state index is 11.7. The van der Waals surface area contributed by atoms with E-state index in [0.29, 0.717) is 13.0 Å². The minimum atomic E-state index is -0.796. The highest BCUT2D eigenvalue weighted by Crippen LogP contribution is 2.23. The van der Waals surface area contributed by atoms with Gasteiger partial charge in [-0.05, 0) is 19.3 Å². The van der Waals surface area contributed by atoms with Crippen LogP contribution in [0.1, 0.15) is 51.9 Å². The Balaban J connectivity index is 2.44. The maximum Gasteiger partial charge on any atom is 0.315 e. The lowest BCUT2D eigenvalue weighted by Gasteiger charge is -2.23. The molecule has 1 rings (SSSR count). The van der Waals surface area contributed by atoms with E-state index in [4.69, 9.17) is 0 Å². The average molecular weight is 256 g/mol. The van der Waals surface area contributed by atoms with Gasteiger partial charge in [-0.2, -0.15) is 0 Å². The van der Waals surface area contributed by atoms with Crippen LogP contribution in [-0.2, 0) is 4.79 Å². The summed E-state index contributed by atoms with van der Waals surface area (Å²) in [6, 6.07) is -0.465. The normalized spacial score (nSPS) is 24.1. The van der Waals surface area contributed by atoms with Crippen molar-refractivity contribution in [3.63, 3.8) is 0 Å². The van der Waals surface area contributed by atoms with Gasteiger partial charge in [-0.3, -0.25) is 4.79 Å². The number of aliphatic carboxylic acids is 1. The lowest BCUT2D eigenvalue weighted by molar-refractivity contribution is -0.142. The van der Waals surface area contributed by atoms with Gasteiger partial charge in [0.15, 0.2) is 0 Å². The van der Waals surface area contributed by atoms with Crippen molar-refractivity contribution in [3.05, 3.63) is 0 Å². The van der Waals surface area contributed by atoms with Crippen LogP contribution in [0.15, 0.2) is 0 Å². The predicted molar refractivity (Wildman–Crippen MR) is 69.4 cm³/mol. The smallest absolute Gasteiger partial charge is 0.315 e. The van der Waals surface area contributed by atoms with E-state index in [9.17, 15) is 14.7 Å². The number of hydrogen-bond donors (Lipinski definition) is 3. The first-order valence-electron chi connectivity index (χ1n) is 6.92. The summed E-state index contributed by atoms with van der Waals surface area (Å²) in [4.78, 5) is 22.8. The molecule has 0 aromatic rings. The van der Waals surface area contributed by atoms with Gasteiger partial charge in [0.1, 0.15) is 0 Å². The number of hydrogen-bond acceptors (Lipinski definition) is 2. The summed E-state index contributed by atoms with van der Waals surface area (Å²) in [7, 11) is 0. The van der Waals surface area contributed by atoms with Gasteiger partial charge in [0, 0.05) is 12.6 Å². The highest BCUT2D eigenvalue weighted by Gasteiger charge is 2.30. The quantitative estimate of drug-likeness (QED) is 0.521. The Kier molecular flexibility index (Phi) is 6.54. The van der Waals surface area contributed by atoms with Gasteiger partial charge >= 0.3 is 12.0 Å². The molecular weight excluding hydrogens is 232 g/mol. The molecule has 2 amide bonds. The highest BCUT2D eigenvalue weighted by molar-refractivity contribution is 5.76. The molecule has 18 heavy (non-hydrogen) atoms. The summed E-state index contributed by atoms with van der Waals surface area (Å²) in [5, 5.41) is 14.8. The zero-order chi connectivity index (χ0) is 13.4. The van der Waals surface area contributed by atoms with E-state index in [-0.39, 0.29) is 12.1 Å². The first-order valence-corrected chi connectivity index (χ1v) is 6.92. The Bertz CT molecular complexity index is 281. The van der Waals surface area contributed by atoms with E-state index in [1.54, 1.807) is 0 Å². The second-order valence-electron chi connectivity index (χ2n) is 4.94. The summed E-state index contributed by atoms with van der Waals surface area (Å²) >= 11 is 0. The Morgan fingerprint density at radius 1 is 1.22 bits per heavy atom. The van der Waals surface area contributed by atoms with Gasteiger partial charge < -0.3 is 15.7 Å². The van der Waals surface area contributed by atoms with E-state index in [1.165, 1.54) is 0 Å². The van der Waals surface area contributed by atoms with Crippen LogP contribution in [0.4, 0.5) is 4.79 Å². The van der Waals surface area contributed by atoms with E-state index in [1.807, 2.05) is 0 Å². The van der Waals surface area contributed by atoms with Crippen LogP contribution < -0.4 is 10.6 Å². The largest absolute Gasteiger partial charge is 0.481 e. The van der Waals surface area contributed by atoms with Crippen LogP contribution >= 0.6 is 0 Å². The molecule has 5 nitrogen and oxygen atoms in total. The molecule has 3 N–H and O–H groups in total. The fraction of sp³-hybridized carbons (Fsp3) is 0.846. The van der Waals surface area contributed by atoms with Crippen LogP contribution in [0.3, 0.4) is 0 Å². The summed E-state index contributed by atoms with van der Waals surface area (Å²) in [5.74, 6) is -1.24. The van der Waals surface area contributed by atoms with Gasteiger partial charge in [0.05, 0.1) is 5.92 Å². The van der Waals surface area contributed by atoms with Crippen LogP contribution in [0.25, 0.3) is 0 Å². The molecule has 5 heteroatoms. The van der Waals surface area contributed by atoms with Crippen LogP contribution in [0.5, 0.6) is 0 Å². The standard InChI is InChI=1S/C13H24N2O3/c1-2-3-9-14-13(18)15-11-8-6-4-5-7-10(11)12(16)17/h10-11H,2-9H2,1H3,(H,16,17)(H2,14,15,18). The lowest BCUT2D eigenvalue weighted by atomic mass is 9.95. The summed E-state index contributed by atoms with van der Waals surface area (Å²) in [6.45, 7) is 2.71. The molecule has 2 unspecified atom stereocenters. The minimum Gasteiger partial charge on any atom is -0.481 e. The van der Waals surface area contributed by atoms with Gasteiger partial charge in [-0.25, -0.2) is 4.79 Å². The molecule has 0 heterocycles. The third-order valence-electron chi connectivity index (χ3n) is 3.47. The number of unbranched alkanes of at least 4 members (excludes halogenated alkanes) is 1.